The summed E-state index contributed by atoms with van der Waals surface area (Å²) >= 11 is 5.90. The van der Waals surface area contributed by atoms with Crippen LogP contribution in [0.25, 0.3) is 0 Å². The van der Waals surface area contributed by atoms with Gasteiger partial charge in [-0.3, -0.25) is 0 Å². The maximum absolute atomic E-state index is 13.1. The number of amidine groups is 1. The molecule has 2 aliphatic rings. The van der Waals surface area contributed by atoms with Crippen molar-refractivity contribution in [2.75, 3.05) is 13.7 Å². The van der Waals surface area contributed by atoms with Crippen LogP contribution in [-0.4, -0.2) is 39.2 Å². The summed E-state index contributed by atoms with van der Waals surface area (Å²) in [6, 6.07) is 3.74. The lowest BCUT2D eigenvalue weighted by Gasteiger charge is -2.41. The van der Waals surface area contributed by atoms with E-state index in [9.17, 15) is 8.42 Å². The van der Waals surface area contributed by atoms with Crippen LogP contribution in [0.2, 0.25) is 0 Å². The van der Waals surface area contributed by atoms with Crippen molar-refractivity contribution in [2.24, 2.45) is 4.99 Å². The molecule has 1 aliphatic heterocycles. The number of nitrogens with one attached hydrogen (secondary N) is 2. The molecule has 0 saturated heterocycles. The first kappa shape index (κ1) is 20.0. The number of rotatable bonds is 6. The number of methoxy groups -OCH3 is 1. The average molecular weight is 414 g/mol. The Bertz CT molecular complexity index is 856. The number of ether oxygens (including phenoxy) is 2. The summed E-state index contributed by atoms with van der Waals surface area (Å²) in [6.07, 6.45) is 5.69. The third-order valence-electron chi connectivity index (χ3n) is 4.80. The van der Waals surface area contributed by atoms with Gasteiger partial charge in [-0.2, -0.15) is 0 Å². The number of hydrogen-bond acceptors (Lipinski definition) is 5. The fraction of sp³-hybridized carbons (Fsp3) is 0.500. The van der Waals surface area contributed by atoms with E-state index in [-0.39, 0.29) is 11.4 Å². The molecule has 2 N–H and O–H groups in total. The first-order valence-corrected chi connectivity index (χ1v) is 10.6. The fourth-order valence-electron chi connectivity index (χ4n) is 3.37. The predicted molar refractivity (Wildman–Crippen MR) is 105 cm³/mol. The summed E-state index contributed by atoms with van der Waals surface area (Å²) in [5.74, 6) is 0.637. The number of benzene rings is 1. The van der Waals surface area contributed by atoms with E-state index < -0.39 is 21.1 Å². The van der Waals surface area contributed by atoms with Crippen molar-refractivity contribution < 1.29 is 17.9 Å². The zero-order valence-electron chi connectivity index (χ0n) is 15.6. The number of aryl methyl sites for hydroxylation is 2. The standard InChI is InChI=1S/C18H24ClN3O4S/c1-12-9-14(25-3)10-13(2)16(12)27(23,24)22-18(6-4-7-18)11-21-17-20-8-5-15(19)26-17/h5,8-10,15,22H,4,6-7,11H2,1-3H3,(H,20,21). The Morgan fingerprint density at radius 3 is 2.56 bits per heavy atom. The molecule has 0 bridgehead atoms. The predicted octanol–water partition coefficient (Wildman–Crippen LogP) is 2.57. The quantitative estimate of drug-likeness (QED) is 0.699. The summed E-state index contributed by atoms with van der Waals surface area (Å²) in [5.41, 5.74) is 0.0993. The van der Waals surface area contributed by atoms with Crippen LogP contribution >= 0.6 is 11.6 Å². The van der Waals surface area contributed by atoms with E-state index in [1.165, 1.54) is 0 Å². The van der Waals surface area contributed by atoms with Crippen LogP contribution in [0.15, 0.2) is 34.3 Å². The molecule has 1 aromatic carbocycles. The minimum atomic E-state index is -3.70. The van der Waals surface area contributed by atoms with Crippen LogP contribution in [0.4, 0.5) is 0 Å². The molecule has 9 heteroatoms. The number of halogens is 1. The number of nitrogens with zero attached hydrogens (tertiary/aromatic N) is 1. The summed E-state index contributed by atoms with van der Waals surface area (Å²) in [7, 11) is -2.14. The summed E-state index contributed by atoms with van der Waals surface area (Å²) < 4.78 is 39.7. The van der Waals surface area contributed by atoms with Crippen LogP contribution in [-0.2, 0) is 14.8 Å². The smallest absolute Gasteiger partial charge is 0.290 e. The molecular weight excluding hydrogens is 390 g/mol. The third-order valence-corrected chi connectivity index (χ3v) is 6.92. The molecule has 0 spiro atoms. The zero-order valence-corrected chi connectivity index (χ0v) is 17.2. The molecule has 0 aromatic heterocycles. The Hall–Kier alpha value is -1.77. The normalized spacial score (nSPS) is 22.7. The highest BCUT2D eigenvalue weighted by Gasteiger charge is 2.41. The summed E-state index contributed by atoms with van der Waals surface area (Å²) in [5, 5.41) is 2.87. The Kier molecular flexibility index (Phi) is 5.69. The van der Waals surface area contributed by atoms with Gasteiger partial charge < -0.3 is 14.8 Å². The van der Waals surface area contributed by atoms with Gasteiger partial charge in [-0.05, 0) is 62.4 Å². The monoisotopic (exact) mass is 413 g/mol. The number of hydrogen-bond donors (Lipinski definition) is 2. The van der Waals surface area contributed by atoms with E-state index in [1.54, 1.807) is 45.4 Å². The summed E-state index contributed by atoms with van der Waals surface area (Å²) in [4.78, 5) is 4.67. The molecule has 148 valence electrons. The van der Waals surface area contributed by atoms with Crippen molar-refractivity contribution in [3.63, 3.8) is 0 Å². The van der Waals surface area contributed by atoms with Gasteiger partial charge in [0.05, 0.1) is 24.1 Å². The second-order valence-electron chi connectivity index (χ2n) is 6.92. The maximum atomic E-state index is 13.1. The highest BCUT2D eigenvalue weighted by Crippen LogP contribution is 2.35. The lowest BCUT2D eigenvalue weighted by molar-refractivity contribution is 0.225. The van der Waals surface area contributed by atoms with E-state index in [0.717, 1.165) is 19.3 Å². The molecule has 1 saturated carbocycles. The molecule has 0 amide bonds. The van der Waals surface area contributed by atoms with Gasteiger partial charge in [-0.1, -0.05) is 11.6 Å². The van der Waals surface area contributed by atoms with Crippen molar-refractivity contribution in [1.82, 2.24) is 10.0 Å². The van der Waals surface area contributed by atoms with Gasteiger partial charge in [0.2, 0.25) is 10.0 Å². The number of alkyl halides is 1. The second-order valence-corrected chi connectivity index (χ2v) is 8.97. The SMILES string of the molecule is COc1cc(C)c(S(=O)(=O)NC2(CN=C3NC=CC(Cl)O3)CCC2)c(C)c1. The van der Waals surface area contributed by atoms with Gasteiger partial charge >= 0.3 is 0 Å². The van der Waals surface area contributed by atoms with Crippen molar-refractivity contribution in [3.05, 3.63) is 35.5 Å². The van der Waals surface area contributed by atoms with Gasteiger partial charge in [-0.15, -0.1) is 0 Å². The van der Waals surface area contributed by atoms with Crippen LogP contribution in [0.5, 0.6) is 5.75 Å². The van der Waals surface area contributed by atoms with Gasteiger partial charge in [0.25, 0.3) is 6.02 Å². The first-order valence-electron chi connectivity index (χ1n) is 8.72. The molecule has 1 fully saturated rings. The largest absolute Gasteiger partial charge is 0.497 e. The van der Waals surface area contributed by atoms with Gasteiger partial charge in [-0.25, -0.2) is 18.1 Å². The van der Waals surface area contributed by atoms with Gasteiger partial charge in [0.1, 0.15) is 5.75 Å². The number of sulfonamides is 1. The van der Waals surface area contributed by atoms with Crippen molar-refractivity contribution in [3.8, 4) is 5.75 Å². The van der Waals surface area contributed by atoms with E-state index in [4.69, 9.17) is 21.1 Å². The van der Waals surface area contributed by atoms with E-state index in [1.807, 2.05) is 0 Å². The Labute approximate surface area is 164 Å². The Balaban J connectivity index is 1.81. The van der Waals surface area contributed by atoms with Crippen LogP contribution < -0.4 is 14.8 Å². The molecule has 1 unspecified atom stereocenters. The molecule has 27 heavy (non-hydrogen) atoms. The lowest BCUT2D eigenvalue weighted by atomic mass is 9.78. The minimum Gasteiger partial charge on any atom is -0.497 e. The van der Waals surface area contributed by atoms with Crippen molar-refractivity contribution in [1.29, 1.82) is 0 Å². The zero-order chi connectivity index (χ0) is 19.7. The van der Waals surface area contributed by atoms with Crippen LogP contribution in [0.3, 0.4) is 0 Å². The molecule has 1 atom stereocenters. The molecule has 1 aromatic rings. The second kappa shape index (κ2) is 7.69. The first-order chi connectivity index (χ1) is 12.7. The Morgan fingerprint density at radius 2 is 2.04 bits per heavy atom. The van der Waals surface area contributed by atoms with Crippen molar-refractivity contribution >= 4 is 27.6 Å². The number of aliphatic imine (C=N–C) groups is 1. The highest BCUT2D eigenvalue weighted by molar-refractivity contribution is 7.89. The molecule has 3 rings (SSSR count). The Morgan fingerprint density at radius 1 is 1.37 bits per heavy atom. The van der Waals surface area contributed by atoms with Gasteiger partial charge in [0.15, 0.2) is 5.56 Å². The van der Waals surface area contributed by atoms with Crippen LogP contribution in [0, 0.1) is 13.8 Å². The summed E-state index contributed by atoms with van der Waals surface area (Å²) in [6.45, 7) is 3.81. The van der Waals surface area contributed by atoms with E-state index in [2.05, 4.69) is 15.0 Å². The molecule has 7 nitrogen and oxygen atoms in total. The van der Waals surface area contributed by atoms with E-state index in [0.29, 0.717) is 22.9 Å². The van der Waals surface area contributed by atoms with Gasteiger partial charge in [0, 0.05) is 6.20 Å². The molecule has 1 heterocycles. The molecule has 1 aliphatic carbocycles. The highest BCUT2D eigenvalue weighted by atomic mass is 35.5. The topological polar surface area (TPSA) is 89.0 Å². The molecular formula is C18H24ClN3O4S. The maximum Gasteiger partial charge on any atom is 0.290 e. The lowest BCUT2D eigenvalue weighted by Crippen LogP contribution is -2.56. The third kappa shape index (κ3) is 4.39. The minimum absolute atomic E-state index is 0.278. The van der Waals surface area contributed by atoms with Crippen LogP contribution in [0.1, 0.15) is 30.4 Å². The fourth-order valence-corrected chi connectivity index (χ4v) is 5.43. The molecule has 0 radical (unpaired) electrons. The van der Waals surface area contributed by atoms with Crippen molar-refractivity contribution in [2.45, 2.75) is 49.1 Å². The average Bonchev–Trinajstić information content (AvgIpc) is 2.56. The van der Waals surface area contributed by atoms with E-state index >= 15 is 0 Å².